The van der Waals surface area contributed by atoms with Crippen molar-refractivity contribution in [1.82, 2.24) is 0 Å². The third-order valence-corrected chi connectivity index (χ3v) is 4.61. The van der Waals surface area contributed by atoms with Crippen molar-refractivity contribution in [3.63, 3.8) is 0 Å². The predicted molar refractivity (Wildman–Crippen MR) is 96.6 cm³/mol. The van der Waals surface area contributed by atoms with E-state index in [4.69, 9.17) is 23.2 Å². The van der Waals surface area contributed by atoms with Gasteiger partial charge in [0, 0.05) is 0 Å². The van der Waals surface area contributed by atoms with Gasteiger partial charge in [-0.25, -0.2) is 4.79 Å². The van der Waals surface area contributed by atoms with Crippen LogP contribution in [0.2, 0.25) is 10.0 Å². The molecule has 4 heteroatoms. The largest absolute Gasteiger partial charge is 0.235 e. The van der Waals surface area contributed by atoms with Gasteiger partial charge in [-0.15, -0.1) is 0 Å². The predicted octanol–water partition coefficient (Wildman–Crippen LogP) is 6.04. The van der Waals surface area contributed by atoms with Crippen LogP contribution in [0.3, 0.4) is 0 Å². The summed E-state index contributed by atoms with van der Waals surface area (Å²) in [5.74, 6) is 0. The molecule has 0 aromatic heterocycles. The first-order valence-corrected chi connectivity index (χ1v) is 8.13. The minimum Gasteiger partial charge on any atom is -0.211 e. The van der Waals surface area contributed by atoms with Crippen molar-refractivity contribution in [1.29, 1.82) is 0 Å². The first kappa shape index (κ1) is 17.5. The molecule has 0 saturated carbocycles. The van der Waals surface area contributed by atoms with E-state index in [-0.39, 0.29) is 0 Å². The average Bonchev–Trinajstić information content (AvgIpc) is 2.57. The van der Waals surface area contributed by atoms with Crippen molar-refractivity contribution in [2.45, 2.75) is 25.3 Å². The topological polar surface area (TPSA) is 29.4 Å². The molecule has 0 saturated heterocycles. The molecule has 1 unspecified atom stereocenters. The fraction of sp³-hybridized carbons (Fsp3) is 0.211. The molecular weight excluding hydrogens is 329 g/mol. The zero-order chi connectivity index (χ0) is 16.7. The normalized spacial score (nSPS) is 13.5. The van der Waals surface area contributed by atoms with Gasteiger partial charge >= 0.3 is 0 Å². The van der Waals surface area contributed by atoms with E-state index in [9.17, 15) is 4.79 Å². The van der Waals surface area contributed by atoms with E-state index in [0.29, 0.717) is 22.9 Å². The molecule has 0 aliphatic rings. The van der Waals surface area contributed by atoms with Crippen LogP contribution in [0.1, 0.15) is 30.9 Å². The zero-order valence-electron chi connectivity index (χ0n) is 12.8. The second-order valence-corrected chi connectivity index (χ2v) is 6.05. The summed E-state index contributed by atoms with van der Waals surface area (Å²) in [5.41, 5.74) is 1.28. The van der Waals surface area contributed by atoms with E-state index in [1.54, 1.807) is 18.2 Å². The Morgan fingerprint density at radius 3 is 2.48 bits per heavy atom. The highest BCUT2D eigenvalue weighted by molar-refractivity contribution is 6.42. The van der Waals surface area contributed by atoms with E-state index < -0.39 is 5.54 Å². The van der Waals surface area contributed by atoms with Gasteiger partial charge in [-0.3, -0.25) is 0 Å². The Labute approximate surface area is 146 Å². The molecule has 0 N–H and O–H groups in total. The Morgan fingerprint density at radius 1 is 1.13 bits per heavy atom. The van der Waals surface area contributed by atoms with Gasteiger partial charge in [0.05, 0.1) is 10.0 Å². The van der Waals surface area contributed by atoms with Gasteiger partial charge in [-0.2, -0.15) is 4.99 Å². The summed E-state index contributed by atoms with van der Waals surface area (Å²) < 4.78 is 0. The second kappa shape index (κ2) is 8.12. The van der Waals surface area contributed by atoms with E-state index in [1.165, 1.54) is 0 Å². The maximum atomic E-state index is 11.0. The van der Waals surface area contributed by atoms with Crippen LogP contribution in [0, 0.1) is 0 Å². The molecule has 0 fully saturated rings. The van der Waals surface area contributed by atoms with Crippen molar-refractivity contribution in [2.75, 3.05) is 0 Å². The van der Waals surface area contributed by atoms with Crippen LogP contribution in [-0.2, 0) is 10.3 Å². The Morgan fingerprint density at radius 2 is 1.87 bits per heavy atom. The Bertz CT molecular complexity index is 736. The number of hydrogen-bond donors (Lipinski definition) is 0. The Hall–Kier alpha value is -1.86. The summed E-state index contributed by atoms with van der Waals surface area (Å²) in [6.07, 6.45) is 6.97. The standard InChI is InChI=1S/C19H17Cl2NO/c1-2-19(22-14-23,16-10-11-17(20)18(21)13-16)12-6-9-15-7-4-3-5-8-15/h3-11,13H,2,12H2,1H3. The summed E-state index contributed by atoms with van der Waals surface area (Å²) in [4.78, 5) is 15.1. The third-order valence-electron chi connectivity index (χ3n) is 3.87. The number of halogens is 2. The van der Waals surface area contributed by atoms with Gasteiger partial charge in [-0.1, -0.05) is 78.7 Å². The first-order chi connectivity index (χ1) is 11.1. The molecule has 2 rings (SSSR count). The van der Waals surface area contributed by atoms with Crippen LogP contribution < -0.4 is 0 Å². The van der Waals surface area contributed by atoms with Crippen LogP contribution in [-0.4, -0.2) is 6.08 Å². The van der Waals surface area contributed by atoms with Gasteiger partial charge in [0.25, 0.3) is 0 Å². The Balaban J connectivity index is 2.33. The molecule has 0 bridgehead atoms. The van der Waals surface area contributed by atoms with Gasteiger partial charge in [0.2, 0.25) is 6.08 Å². The second-order valence-electron chi connectivity index (χ2n) is 5.23. The molecule has 2 nitrogen and oxygen atoms in total. The quantitative estimate of drug-likeness (QED) is 0.463. The molecule has 0 aliphatic carbocycles. The monoisotopic (exact) mass is 345 g/mol. The van der Waals surface area contributed by atoms with Gasteiger partial charge < -0.3 is 0 Å². The van der Waals surface area contributed by atoms with E-state index in [1.807, 2.05) is 55.5 Å². The molecule has 23 heavy (non-hydrogen) atoms. The average molecular weight is 346 g/mol. The first-order valence-electron chi connectivity index (χ1n) is 7.37. The van der Waals surface area contributed by atoms with E-state index >= 15 is 0 Å². The van der Waals surface area contributed by atoms with Gasteiger partial charge in [0.1, 0.15) is 5.54 Å². The lowest BCUT2D eigenvalue weighted by atomic mass is 9.84. The number of benzene rings is 2. The third kappa shape index (κ3) is 4.33. The lowest BCUT2D eigenvalue weighted by Gasteiger charge is -2.26. The van der Waals surface area contributed by atoms with Crippen molar-refractivity contribution >= 4 is 35.4 Å². The smallest absolute Gasteiger partial charge is 0.211 e. The molecule has 0 spiro atoms. The zero-order valence-corrected chi connectivity index (χ0v) is 14.3. The summed E-state index contributed by atoms with van der Waals surface area (Å²) in [6, 6.07) is 15.3. The highest BCUT2D eigenvalue weighted by atomic mass is 35.5. The van der Waals surface area contributed by atoms with Crippen molar-refractivity contribution in [2.24, 2.45) is 4.99 Å². The number of rotatable bonds is 6. The van der Waals surface area contributed by atoms with Crippen LogP contribution in [0.25, 0.3) is 6.08 Å². The SMILES string of the molecule is CCC(CC=Cc1ccccc1)(N=C=O)c1ccc(Cl)c(Cl)c1. The molecule has 1 atom stereocenters. The fourth-order valence-electron chi connectivity index (χ4n) is 2.48. The fourth-order valence-corrected chi connectivity index (χ4v) is 2.78. The number of hydrogen-bond acceptors (Lipinski definition) is 2. The summed E-state index contributed by atoms with van der Waals surface area (Å²) in [5, 5.41) is 0.936. The van der Waals surface area contributed by atoms with Gasteiger partial charge in [-0.05, 0) is 36.1 Å². The summed E-state index contributed by atoms with van der Waals surface area (Å²) in [6.45, 7) is 1.99. The highest BCUT2D eigenvalue weighted by Crippen LogP contribution is 2.36. The van der Waals surface area contributed by atoms with Crippen molar-refractivity contribution in [3.05, 3.63) is 75.8 Å². The molecule has 0 amide bonds. The van der Waals surface area contributed by atoms with Gasteiger partial charge in [0.15, 0.2) is 0 Å². The number of aliphatic imine (C=N–C) groups is 1. The lowest BCUT2D eigenvalue weighted by Crippen LogP contribution is -2.21. The minimum absolute atomic E-state index is 0.454. The molecule has 0 heterocycles. The highest BCUT2D eigenvalue weighted by Gasteiger charge is 2.29. The Kier molecular flexibility index (Phi) is 6.18. The number of isocyanates is 1. The van der Waals surface area contributed by atoms with Crippen molar-refractivity contribution in [3.8, 4) is 0 Å². The summed E-state index contributed by atoms with van der Waals surface area (Å²) >= 11 is 12.1. The molecule has 0 radical (unpaired) electrons. The van der Waals surface area contributed by atoms with E-state index in [2.05, 4.69) is 4.99 Å². The minimum atomic E-state index is -0.679. The van der Waals surface area contributed by atoms with E-state index in [0.717, 1.165) is 11.1 Å². The molecule has 2 aromatic rings. The number of nitrogens with zero attached hydrogens (tertiary/aromatic N) is 1. The van der Waals surface area contributed by atoms with Crippen LogP contribution in [0.5, 0.6) is 0 Å². The van der Waals surface area contributed by atoms with Crippen LogP contribution >= 0.6 is 23.2 Å². The maximum Gasteiger partial charge on any atom is 0.235 e. The number of carbonyl (C=O) groups excluding carboxylic acids is 1. The summed E-state index contributed by atoms with van der Waals surface area (Å²) in [7, 11) is 0. The van der Waals surface area contributed by atoms with Crippen molar-refractivity contribution < 1.29 is 4.79 Å². The van der Waals surface area contributed by atoms with Crippen LogP contribution in [0.4, 0.5) is 0 Å². The lowest BCUT2D eigenvalue weighted by molar-refractivity contribution is 0.431. The molecule has 2 aromatic carbocycles. The molecular formula is C19H17Cl2NO. The van der Waals surface area contributed by atoms with Crippen LogP contribution in [0.15, 0.2) is 59.6 Å². The maximum absolute atomic E-state index is 11.0. The molecule has 0 aliphatic heterocycles. The molecule has 118 valence electrons.